The number of fused-ring (bicyclic) bond motifs is 1. The van der Waals surface area contributed by atoms with Crippen molar-refractivity contribution in [1.29, 1.82) is 0 Å². The van der Waals surface area contributed by atoms with Gasteiger partial charge in [0.25, 0.3) is 5.91 Å². The lowest BCUT2D eigenvalue weighted by Crippen LogP contribution is -2.49. The van der Waals surface area contributed by atoms with Crippen molar-refractivity contribution in [2.75, 3.05) is 31.1 Å². The Labute approximate surface area is 194 Å². The first-order valence-electron chi connectivity index (χ1n) is 11.3. The minimum absolute atomic E-state index is 0.0339. The van der Waals surface area contributed by atoms with E-state index in [4.69, 9.17) is 9.72 Å². The van der Waals surface area contributed by atoms with Crippen LogP contribution in [0.2, 0.25) is 0 Å². The third kappa shape index (κ3) is 4.40. The van der Waals surface area contributed by atoms with Gasteiger partial charge in [-0.2, -0.15) is 0 Å². The third-order valence-corrected chi connectivity index (χ3v) is 6.19. The van der Waals surface area contributed by atoms with Crippen molar-refractivity contribution in [1.82, 2.24) is 9.88 Å². The van der Waals surface area contributed by atoms with E-state index in [1.807, 2.05) is 59.5 Å². The van der Waals surface area contributed by atoms with E-state index in [9.17, 15) is 4.79 Å². The van der Waals surface area contributed by atoms with Gasteiger partial charge in [-0.1, -0.05) is 42.5 Å². The molecule has 0 N–H and O–H groups in total. The molecule has 1 amide bonds. The highest BCUT2D eigenvalue weighted by Crippen LogP contribution is 2.26. The maximum absolute atomic E-state index is 13.2. The molecule has 1 aromatic heterocycles. The number of para-hydroxylation sites is 2. The van der Waals surface area contributed by atoms with Crippen LogP contribution in [0.4, 0.5) is 5.82 Å². The Morgan fingerprint density at radius 2 is 1.52 bits per heavy atom. The second-order valence-corrected chi connectivity index (χ2v) is 8.49. The van der Waals surface area contributed by atoms with E-state index in [2.05, 4.69) is 43.0 Å². The zero-order valence-corrected chi connectivity index (χ0v) is 19.0. The molecule has 5 heteroatoms. The lowest BCUT2D eigenvalue weighted by molar-refractivity contribution is 0.0746. The summed E-state index contributed by atoms with van der Waals surface area (Å²) in [4.78, 5) is 22.3. The van der Waals surface area contributed by atoms with Gasteiger partial charge in [-0.15, -0.1) is 0 Å². The number of amides is 1. The molecule has 0 atom stereocenters. The Hall–Kier alpha value is -3.86. The molecule has 2 heterocycles. The number of aromatic nitrogens is 1. The van der Waals surface area contributed by atoms with Crippen LogP contribution in [0.1, 0.15) is 21.5 Å². The number of pyridine rings is 1. The molecule has 1 aliphatic rings. The summed E-state index contributed by atoms with van der Waals surface area (Å²) in [7, 11) is 0. The molecule has 5 rings (SSSR count). The van der Waals surface area contributed by atoms with Crippen LogP contribution in [-0.2, 0) is 0 Å². The molecule has 5 nitrogen and oxygen atoms in total. The first kappa shape index (κ1) is 21.0. The summed E-state index contributed by atoms with van der Waals surface area (Å²) >= 11 is 0. The molecule has 0 saturated carbocycles. The van der Waals surface area contributed by atoms with Gasteiger partial charge >= 0.3 is 0 Å². The second kappa shape index (κ2) is 8.94. The van der Waals surface area contributed by atoms with Crippen molar-refractivity contribution < 1.29 is 9.53 Å². The number of carbonyl (C=O) groups is 1. The molecule has 0 bridgehead atoms. The number of aryl methyl sites for hydroxylation is 2. The van der Waals surface area contributed by atoms with E-state index in [0.717, 1.165) is 30.2 Å². The van der Waals surface area contributed by atoms with E-state index in [1.54, 1.807) is 0 Å². The Bertz CT molecular complexity index is 1300. The van der Waals surface area contributed by atoms with Gasteiger partial charge in [-0.05, 0) is 61.4 Å². The fourth-order valence-electron chi connectivity index (χ4n) is 4.34. The molecule has 0 radical (unpaired) electrons. The summed E-state index contributed by atoms with van der Waals surface area (Å²) in [5, 5.41) is 1.20. The Morgan fingerprint density at radius 1 is 0.788 bits per heavy atom. The summed E-state index contributed by atoms with van der Waals surface area (Å²) in [5.41, 5.74) is 4.12. The van der Waals surface area contributed by atoms with Crippen molar-refractivity contribution in [3.05, 3.63) is 95.6 Å². The topological polar surface area (TPSA) is 45.7 Å². The van der Waals surface area contributed by atoms with E-state index in [0.29, 0.717) is 24.4 Å². The number of anilines is 1. The van der Waals surface area contributed by atoms with Crippen molar-refractivity contribution in [2.24, 2.45) is 0 Å². The maximum atomic E-state index is 13.2. The van der Waals surface area contributed by atoms with Gasteiger partial charge in [0, 0.05) is 37.1 Å². The number of nitrogens with zero attached hydrogens (tertiary/aromatic N) is 3. The molecule has 166 valence electrons. The highest BCUT2D eigenvalue weighted by atomic mass is 16.5. The summed E-state index contributed by atoms with van der Waals surface area (Å²) in [6.07, 6.45) is 0. The van der Waals surface area contributed by atoms with Crippen LogP contribution in [0, 0.1) is 13.8 Å². The average Bonchev–Trinajstić information content (AvgIpc) is 2.85. The molecule has 0 spiro atoms. The molecule has 1 aliphatic heterocycles. The van der Waals surface area contributed by atoms with Crippen molar-refractivity contribution in [2.45, 2.75) is 13.8 Å². The summed E-state index contributed by atoms with van der Waals surface area (Å²) in [5.74, 6) is 2.44. The largest absolute Gasteiger partial charge is 0.457 e. The number of rotatable bonds is 4. The fraction of sp³-hybridized carbons (Fsp3) is 0.214. The highest BCUT2D eigenvalue weighted by molar-refractivity contribution is 5.95. The van der Waals surface area contributed by atoms with Crippen LogP contribution in [0.25, 0.3) is 10.9 Å². The molecule has 4 aromatic rings. The van der Waals surface area contributed by atoms with Crippen LogP contribution in [0.5, 0.6) is 11.5 Å². The first-order valence-corrected chi connectivity index (χ1v) is 11.3. The van der Waals surface area contributed by atoms with Crippen molar-refractivity contribution >= 4 is 22.6 Å². The summed E-state index contributed by atoms with van der Waals surface area (Å²) < 4.78 is 5.90. The maximum Gasteiger partial charge on any atom is 0.254 e. The first-order chi connectivity index (χ1) is 16.1. The molecule has 0 unspecified atom stereocenters. The molecule has 1 saturated heterocycles. The SMILES string of the molecule is Cc1cc(N2CCN(C(=O)c3cccc(Oc4ccccc4)c3)CC2)nc2c(C)cccc12. The Kier molecular flexibility index (Phi) is 5.69. The van der Waals surface area contributed by atoms with Gasteiger partial charge in [-0.25, -0.2) is 4.98 Å². The fourth-order valence-corrected chi connectivity index (χ4v) is 4.34. The molecule has 0 aliphatic carbocycles. The predicted octanol–water partition coefficient (Wildman–Crippen LogP) is 5.61. The normalized spacial score (nSPS) is 13.9. The van der Waals surface area contributed by atoms with Crippen LogP contribution in [0.15, 0.2) is 78.9 Å². The van der Waals surface area contributed by atoms with Gasteiger partial charge in [0.05, 0.1) is 5.52 Å². The van der Waals surface area contributed by atoms with Crippen molar-refractivity contribution in [3.8, 4) is 11.5 Å². The van der Waals surface area contributed by atoms with Crippen LogP contribution < -0.4 is 9.64 Å². The minimum atomic E-state index is 0.0339. The van der Waals surface area contributed by atoms with E-state index >= 15 is 0 Å². The minimum Gasteiger partial charge on any atom is -0.457 e. The highest BCUT2D eigenvalue weighted by Gasteiger charge is 2.23. The number of hydrogen-bond donors (Lipinski definition) is 0. The number of piperazine rings is 1. The lowest BCUT2D eigenvalue weighted by atomic mass is 10.1. The Balaban J connectivity index is 1.28. The average molecular weight is 438 g/mol. The smallest absolute Gasteiger partial charge is 0.254 e. The molecular weight excluding hydrogens is 410 g/mol. The summed E-state index contributed by atoms with van der Waals surface area (Å²) in [6, 6.07) is 25.5. The predicted molar refractivity (Wildman–Crippen MR) is 132 cm³/mol. The Morgan fingerprint density at radius 3 is 2.30 bits per heavy atom. The standard InChI is InChI=1S/C28H27N3O2/c1-20-8-6-13-25-21(2)18-26(29-27(20)25)30-14-16-31(17-15-30)28(32)22-9-7-12-24(19-22)33-23-10-4-3-5-11-23/h3-13,18-19H,14-17H2,1-2H3. The van der Waals surface area contributed by atoms with Crippen molar-refractivity contribution in [3.63, 3.8) is 0 Å². The lowest BCUT2D eigenvalue weighted by Gasteiger charge is -2.35. The van der Waals surface area contributed by atoms with Crippen LogP contribution in [-0.4, -0.2) is 42.0 Å². The van der Waals surface area contributed by atoms with Gasteiger partial charge < -0.3 is 14.5 Å². The van der Waals surface area contributed by atoms with E-state index in [1.165, 1.54) is 16.5 Å². The monoisotopic (exact) mass is 437 g/mol. The van der Waals surface area contributed by atoms with Gasteiger partial charge in [0.15, 0.2) is 0 Å². The van der Waals surface area contributed by atoms with E-state index in [-0.39, 0.29) is 5.91 Å². The third-order valence-electron chi connectivity index (χ3n) is 6.19. The van der Waals surface area contributed by atoms with Crippen LogP contribution in [0.3, 0.4) is 0 Å². The zero-order chi connectivity index (χ0) is 22.8. The molecular formula is C28H27N3O2. The molecule has 3 aromatic carbocycles. The number of benzene rings is 3. The molecule has 1 fully saturated rings. The van der Waals surface area contributed by atoms with Gasteiger partial charge in [0.2, 0.25) is 0 Å². The van der Waals surface area contributed by atoms with Gasteiger partial charge in [-0.3, -0.25) is 4.79 Å². The van der Waals surface area contributed by atoms with Gasteiger partial charge in [0.1, 0.15) is 17.3 Å². The summed E-state index contributed by atoms with van der Waals surface area (Å²) in [6.45, 7) is 7.08. The van der Waals surface area contributed by atoms with Crippen LogP contribution >= 0.6 is 0 Å². The van der Waals surface area contributed by atoms with E-state index < -0.39 is 0 Å². The zero-order valence-electron chi connectivity index (χ0n) is 19.0. The molecule has 33 heavy (non-hydrogen) atoms. The quantitative estimate of drug-likeness (QED) is 0.417. The number of hydrogen-bond acceptors (Lipinski definition) is 4. The number of carbonyl (C=O) groups excluding carboxylic acids is 1. The second-order valence-electron chi connectivity index (χ2n) is 8.49. The number of ether oxygens (including phenoxy) is 1.